The van der Waals surface area contributed by atoms with E-state index in [0.717, 1.165) is 18.8 Å². The Balaban J connectivity index is 0.00000102. The third-order valence-electron chi connectivity index (χ3n) is 7.75. The Morgan fingerprint density at radius 2 is 1.63 bits per heavy atom. The highest BCUT2D eigenvalue weighted by Gasteiger charge is 2.59. The van der Waals surface area contributed by atoms with Gasteiger partial charge in [-0.15, -0.1) is 0 Å². The van der Waals surface area contributed by atoms with Crippen molar-refractivity contribution < 1.29 is 14.6 Å². The van der Waals surface area contributed by atoms with Crippen LogP contribution in [0.4, 0.5) is 0 Å². The Morgan fingerprint density at radius 1 is 1.00 bits per heavy atom. The van der Waals surface area contributed by atoms with E-state index in [-0.39, 0.29) is 23.4 Å². The highest BCUT2D eigenvalue weighted by molar-refractivity contribution is 14.1. The fourth-order valence-electron chi connectivity index (χ4n) is 6.28. The summed E-state index contributed by atoms with van der Waals surface area (Å²) in [4.78, 5) is 0. The summed E-state index contributed by atoms with van der Waals surface area (Å²) in [6.07, 6.45) is 5.36. The predicted octanol–water partition coefficient (Wildman–Crippen LogP) is 5.61. The molecule has 2 aliphatic heterocycles. The van der Waals surface area contributed by atoms with E-state index in [1.165, 1.54) is 19.3 Å². The zero-order valence-electron chi connectivity index (χ0n) is 18.4. The van der Waals surface area contributed by atoms with Crippen LogP contribution in [0.2, 0.25) is 0 Å². The Labute approximate surface area is 180 Å². The maximum absolute atomic E-state index is 11.4. The van der Waals surface area contributed by atoms with E-state index in [9.17, 15) is 5.11 Å². The smallest absolute Gasteiger partial charge is 0.107 e. The molecule has 4 aliphatic rings. The lowest BCUT2D eigenvalue weighted by Crippen LogP contribution is -2.62. The molecule has 0 aromatic heterocycles. The molecule has 0 bridgehead atoms. The second-order valence-corrected chi connectivity index (χ2v) is 12.4. The number of ether oxygens (including phenoxy) is 2. The van der Waals surface area contributed by atoms with Crippen molar-refractivity contribution in [1.82, 2.24) is 0 Å². The molecule has 1 N–H and O–H groups in total. The lowest BCUT2D eigenvalue weighted by Gasteiger charge is -2.59. The molecule has 2 aliphatic carbocycles. The minimum atomic E-state index is -0.498. The average Bonchev–Trinajstić information content (AvgIpc) is 3.30. The Kier molecular flexibility index (Phi) is 6.63. The summed E-state index contributed by atoms with van der Waals surface area (Å²) < 4.78 is 13.6. The molecule has 4 fully saturated rings. The van der Waals surface area contributed by atoms with Gasteiger partial charge in [-0.3, -0.25) is 0 Å². The van der Waals surface area contributed by atoms with Crippen molar-refractivity contribution in [2.24, 2.45) is 29.6 Å². The highest BCUT2D eigenvalue weighted by atomic mass is 127. The van der Waals surface area contributed by atoms with Gasteiger partial charge in [-0.1, -0.05) is 43.4 Å². The molecule has 0 radical (unpaired) electrons. The molecule has 0 spiro atoms. The van der Waals surface area contributed by atoms with Crippen molar-refractivity contribution in [2.45, 2.75) is 114 Å². The number of hydrogen-bond donors (Lipinski definition) is 1. The molecule has 27 heavy (non-hydrogen) atoms. The minimum absolute atomic E-state index is 0.0665. The molecule has 0 amide bonds. The second kappa shape index (κ2) is 8.03. The van der Waals surface area contributed by atoms with Gasteiger partial charge in [-0.2, -0.15) is 0 Å². The van der Waals surface area contributed by atoms with E-state index < -0.39 is 6.10 Å². The van der Waals surface area contributed by atoms with Crippen molar-refractivity contribution in [3.63, 3.8) is 0 Å². The first-order valence-electron chi connectivity index (χ1n) is 11.3. The van der Waals surface area contributed by atoms with Crippen molar-refractivity contribution in [3.8, 4) is 0 Å². The first-order chi connectivity index (χ1) is 12.6. The summed E-state index contributed by atoms with van der Waals surface area (Å²) in [5.41, 5.74) is -0.213. The van der Waals surface area contributed by atoms with Crippen LogP contribution in [0.3, 0.4) is 0 Å². The van der Waals surface area contributed by atoms with Crippen LogP contribution in [0, 0.1) is 29.6 Å². The molecule has 4 rings (SSSR count). The Bertz CT molecular complexity index is 518. The van der Waals surface area contributed by atoms with Crippen LogP contribution in [-0.4, -0.2) is 38.5 Å². The van der Waals surface area contributed by atoms with Crippen LogP contribution in [0.1, 0.15) is 80.6 Å². The first kappa shape index (κ1) is 22.3. The van der Waals surface area contributed by atoms with Gasteiger partial charge in [0.05, 0.1) is 23.4 Å². The first-order valence-corrected chi connectivity index (χ1v) is 12.5. The maximum atomic E-state index is 11.4. The monoisotopic (exact) mass is 492 g/mol. The van der Waals surface area contributed by atoms with Crippen molar-refractivity contribution in [1.29, 1.82) is 0 Å². The van der Waals surface area contributed by atoms with Gasteiger partial charge in [0.15, 0.2) is 0 Å². The van der Waals surface area contributed by atoms with Gasteiger partial charge in [0.1, 0.15) is 6.10 Å². The SMILES string of the molecule is CC.C[C@H](I)CC1C2CCC2C(C)(C)OC1C(O)C1CC2CC2C(C)(C)O1. The number of aliphatic hydroxyl groups is 1. The van der Waals surface area contributed by atoms with E-state index >= 15 is 0 Å². The lowest BCUT2D eigenvalue weighted by molar-refractivity contribution is -0.271. The largest absolute Gasteiger partial charge is 0.388 e. The molecule has 0 aromatic carbocycles. The number of hydrogen-bond acceptors (Lipinski definition) is 3. The number of rotatable bonds is 4. The summed E-state index contributed by atoms with van der Waals surface area (Å²) in [7, 11) is 0. The molecular weight excluding hydrogens is 451 g/mol. The standard InChI is InChI=1S/C21H35IO3.C2H6/c1-11(22)8-14-13-6-7-15(13)20(2,3)25-19(14)18(23)17-10-12-9-16(12)21(4,5)24-17;1-2/h11-19,23H,6-10H2,1-5H3;1-2H3/t11-,12?,13?,14?,15?,16?,17?,18?,19?;/m0./s1. The molecule has 9 atom stereocenters. The van der Waals surface area contributed by atoms with E-state index in [1.54, 1.807) is 0 Å². The quantitative estimate of drug-likeness (QED) is 0.410. The third kappa shape index (κ3) is 4.25. The lowest BCUT2D eigenvalue weighted by atomic mass is 9.56. The molecule has 0 aromatic rings. The van der Waals surface area contributed by atoms with Crippen LogP contribution in [0.15, 0.2) is 0 Å². The van der Waals surface area contributed by atoms with Crippen LogP contribution < -0.4 is 0 Å². The Morgan fingerprint density at radius 3 is 2.15 bits per heavy atom. The van der Waals surface area contributed by atoms with Gasteiger partial charge < -0.3 is 14.6 Å². The second-order valence-electron chi connectivity index (χ2n) is 10.3. The summed E-state index contributed by atoms with van der Waals surface area (Å²) in [6, 6.07) is 0. The molecule has 158 valence electrons. The fourth-order valence-corrected chi connectivity index (χ4v) is 6.87. The van der Waals surface area contributed by atoms with Crippen LogP contribution in [-0.2, 0) is 9.47 Å². The Hall–Kier alpha value is 0.610. The molecule has 8 unspecified atom stereocenters. The van der Waals surface area contributed by atoms with E-state index in [0.29, 0.717) is 27.6 Å². The normalized spacial score (nSPS) is 45.9. The minimum Gasteiger partial charge on any atom is -0.388 e. The molecular formula is C23H41IO3. The molecule has 4 heteroatoms. The van der Waals surface area contributed by atoms with E-state index in [4.69, 9.17) is 9.47 Å². The number of fused-ring (bicyclic) bond motifs is 2. The number of halogens is 1. The van der Waals surface area contributed by atoms with E-state index in [1.807, 2.05) is 13.8 Å². The topological polar surface area (TPSA) is 38.7 Å². The summed E-state index contributed by atoms with van der Waals surface area (Å²) in [6.45, 7) is 15.2. The van der Waals surface area contributed by atoms with Gasteiger partial charge >= 0.3 is 0 Å². The van der Waals surface area contributed by atoms with Crippen molar-refractivity contribution >= 4 is 22.6 Å². The summed E-state index contributed by atoms with van der Waals surface area (Å²) in [5, 5.41) is 11.4. The van der Waals surface area contributed by atoms with Gasteiger partial charge in [-0.25, -0.2) is 0 Å². The third-order valence-corrected chi connectivity index (χ3v) is 8.26. The molecule has 2 saturated heterocycles. The van der Waals surface area contributed by atoms with E-state index in [2.05, 4.69) is 57.2 Å². The van der Waals surface area contributed by atoms with Gasteiger partial charge in [0.25, 0.3) is 0 Å². The summed E-state index contributed by atoms with van der Waals surface area (Å²) in [5.74, 6) is 3.29. The number of aliphatic hydroxyl groups excluding tert-OH is 1. The zero-order chi connectivity index (χ0) is 20.1. The maximum Gasteiger partial charge on any atom is 0.107 e. The predicted molar refractivity (Wildman–Crippen MR) is 119 cm³/mol. The number of alkyl halides is 1. The summed E-state index contributed by atoms with van der Waals surface area (Å²) >= 11 is 2.53. The van der Waals surface area contributed by atoms with Crippen LogP contribution >= 0.6 is 22.6 Å². The van der Waals surface area contributed by atoms with Crippen LogP contribution in [0.25, 0.3) is 0 Å². The molecule has 2 saturated carbocycles. The molecule has 2 heterocycles. The molecule has 3 nitrogen and oxygen atoms in total. The van der Waals surface area contributed by atoms with Gasteiger partial charge in [0, 0.05) is 3.92 Å². The zero-order valence-corrected chi connectivity index (χ0v) is 20.5. The average molecular weight is 492 g/mol. The highest BCUT2D eigenvalue weighted by Crippen LogP contribution is 2.58. The van der Waals surface area contributed by atoms with Gasteiger partial charge in [0.2, 0.25) is 0 Å². The fraction of sp³-hybridized carbons (Fsp3) is 1.00. The van der Waals surface area contributed by atoms with Gasteiger partial charge in [-0.05, 0) is 89.4 Å². The van der Waals surface area contributed by atoms with Crippen LogP contribution in [0.5, 0.6) is 0 Å². The van der Waals surface area contributed by atoms with Crippen molar-refractivity contribution in [3.05, 3.63) is 0 Å². The van der Waals surface area contributed by atoms with Crippen molar-refractivity contribution in [2.75, 3.05) is 0 Å².